The second-order valence-corrected chi connectivity index (χ2v) is 8.78. The fourth-order valence-electron chi connectivity index (χ4n) is 3.74. The lowest BCUT2D eigenvalue weighted by Gasteiger charge is -2.26. The highest BCUT2D eigenvalue weighted by Gasteiger charge is 2.34. The van der Waals surface area contributed by atoms with Crippen LogP contribution in [0.3, 0.4) is 0 Å². The smallest absolute Gasteiger partial charge is 0.349 e. The molecule has 1 aliphatic heterocycles. The molecule has 0 bridgehead atoms. The third-order valence-electron chi connectivity index (χ3n) is 4.99. The van der Waals surface area contributed by atoms with E-state index in [1.54, 1.807) is 18.3 Å². The van der Waals surface area contributed by atoms with Crippen LogP contribution in [0.4, 0.5) is 0 Å². The molecule has 25 heavy (non-hydrogen) atoms. The lowest BCUT2D eigenvalue weighted by atomic mass is 10.2. The molecular weight excluding hydrogens is 354 g/mol. The number of carbonyl (C=O) groups is 2. The number of hydrogen-bond donors (Lipinski definition) is 0. The number of ether oxygens (including phenoxy) is 1. The van der Waals surface area contributed by atoms with Crippen molar-refractivity contribution in [3.05, 3.63) is 43.8 Å². The number of likely N-dealkylation sites (tertiary alicyclic amines) is 1. The summed E-state index contributed by atoms with van der Waals surface area (Å²) in [6, 6.07) is 6.15. The van der Waals surface area contributed by atoms with Gasteiger partial charge in [-0.1, -0.05) is 6.07 Å². The number of rotatable bonds is 4. The van der Waals surface area contributed by atoms with E-state index in [4.69, 9.17) is 4.74 Å². The Balaban J connectivity index is 1.42. The van der Waals surface area contributed by atoms with E-state index in [0.29, 0.717) is 4.88 Å². The van der Waals surface area contributed by atoms with Gasteiger partial charge in [0.1, 0.15) is 4.88 Å². The summed E-state index contributed by atoms with van der Waals surface area (Å²) < 4.78 is 5.50. The Morgan fingerprint density at radius 2 is 2.20 bits per heavy atom. The van der Waals surface area contributed by atoms with Crippen LogP contribution in [0, 0.1) is 0 Å². The van der Waals surface area contributed by atoms with E-state index in [1.165, 1.54) is 33.1 Å². The first-order chi connectivity index (χ1) is 12.1. The van der Waals surface area contributed by atoms with E-state index in [9.17, 15) is 9.59 Å². The molecule has 4 rings (SSSR count). The van der Waals surface area contributed by atoms with Gasteiger partial charge in [0.15, 0.2) is 6.10 Å². The van der Waals surface area contributed by atoms with Crippen LogP contribution in [-0.4, -0.2) is 29.4 Å². The van der Waals surface area contributed by atoms with Crippen molar-refractivity contribution in [2.24, 2.45) is 0 Å². The van der Waals surface area contributed by atoms with E-state index >= 15 is 0 Å². The van der Waals surface area contributed by atoms with Crippen LogP contribution < -0.4 is 0 Å². The summed E-state index contributed by atoms with van der Waals surface area (Å²) in [7, 11) is 0. The summed E-state index contributed by atoms with van der Waals surface area (Å²) in [6.07, 6.45) is 4.49. The van der Waals surface area contributed by atoms with Gasteiger partial charge in [0.2, 0.25) is 0 Å². The molecule has 2 atom stereocenters. The molecule has 2 aromatic heterocycles. The molecule has 0 saturated carbocycles. The SMILES string of the molecule is C[C@@H](OC(=O)c1cc2c(s1)CCC2)C(=O)N1CCC[C@@H]1c1cccs1. The molecule has 0 N–H and O–H groups in total. The number of carbonyl (C=O) groups excluding carboxylic acids is 2. The second kappa shape index (κ2) is 6.92. The van der Waals surface area contributed by atoms with Crippen molar-refractivity contribution in [3.8, 4) is 0 Å². The first-order valence-corrected chi connectivity index (χ1v) is 10.5. The van der Waals surface area contributed by atoms with Gasteiger partial charge in [-0.05, 0) is 62.1 Å². The van der Waals surface area contributed by atoms with Crippen LogP contribution in [0.5, 0.6) is 0 Å². The second-order valence-electron chi connectivity index (χ2n) is 6.67. The fourth-order valence-corrected chi connectivity index (χ4v) is 5.75. The van der Waals surface area contributed by atoms with E-state index in [-0.39, 0.29) is 17.9 Å². The van der Waals surface area contributed by atoms with Gasteiger partial charge in [-0.15, -0.1) is 22.7 Å². The van der Waals surface area contributed by atoms with Crippen LogP contribution in [0.1, 0.15) is 57.2 Å². The lowest BCUT2D eigenvalue weighted by molar-refractivity contribution is -0.140. The van der Waals surface area contributed by atoms with Gasteiger partial charge >= 0.3 is 5.97 Å². The minimum atomic E-state index is -0.745. The maximum Gasteiger partial charge on any atom is 0.349 e. The van der Waals surface area contributed by atoms with Crippen molar-refractivity contribution in [1.82, 2.24) is 4.90 Å². The number of thiophene rings is 2. The Morgan fingerprint density at radius 3 is 2.96 bits per heavy atom. The van der Waals surface area contributed by atoms with Crippen LogP contribution in [-0.2, 0) is 22.4 Å². The largest absolute Gasteiger partial charge is 0.448 e. The van der Waals surface area contributed by atoms with Crippen molar-refractivity contribution < 1.29 is 14.3 Å². The summed E-state index contributed by atoms with van der Waals surface area (Å²) in [5, 5.41) is 2.04. The first kappa shape index (κ1) is 16.8. The van der Waals surface area contributed by atoms with E-state index in [0.717, 1.165) is 32.2 Å². The van der Waals surface area contributed by atoms with Gasteiger partial charge in [-0.3, -0.25) is 4.79 Å². The topological polar surface area (TPSA) is 46.6 Å². The number of hydrogen-bond acceptors (Lipinski definition) is 5. The molecule has 0 spiro atoms. The molecule has 6 heteroatoms. The summed E-state index contributed by atoms with van der Waals surface area (Å²) in [6.45, 7) is 2.42. The summed E-state index contributed by atoms with van der Waals surface area (Å²) in [5.41, 5.74) is 1.27. The van der Waals surface area contributed by atoms with E-state index < -0.39 is 6.10 Å². The average molecular weight is 376 g/mol. The number of esters is 1. The Hall–Kier alpha value is -1.66. The fraction of sp³-hybridized carbons (Fsp3) is 0.474. The predicted octanol–water partition coefficient (Wildman–Crippen LogP) is 4.21. The van der Waals surface area contributed by atoms with Crippen LogP contribution in [0.25, 0.3) is 0 Å². The van der Waals surface area contributed by atoms with Gasteiger partial charge in [-0.25, -0.2) is 4.79 Å². The number of fused-ring (bicyclic) bond motifs is 1. The molecule has 0 aromatic carbocycles. The Kier molecular flexibility index (Phi) is 4.65. The maximum absolute atomic E-state index is 12.8. The number of aryl methyl sites for hydroxylation is 2. The normalized spacial score (nSPS) is 20.5. The highest BCUT2D eigenvalue weighted by atomic mass is 32.1. The maximum atomic E-state index is 12.8. The van der Waals surface area contributed by atoms with Crippen molar-refractivity contribution in [2.45, 2.75) is 51.2 Å². The molecule has 1 amide bonds. The van der Waals surface area contributed by atoms with E-state index in [1.807, 2.05) is 22.4 Å². The molecule has 1 saturated heterocycles. The standard InChI is InChI=1S/C19H21NO3S2/c1-12(23-19(22)17-11-13-5-2-7-15(13)25-17)18(21)20-9-3-6-14(20)16-8-4-10-24-16/h4,8,10-12,14H,2-3,5-7,9H2,1H3/t12-,14-/m1/s1. The van der Waals surface area contributed by atoms with Gasteiger partial charge in [0.05, 0.1) is 6.04 Å². The minimum Gasteiger partial charge on any atom is -0.448 e. The lowest BCUT2D eigenvalue weighted by Crippen LogP contribution is -2.39. The molecule has 2 aromatic rings. The van der Waals surface area contributed by atoms with Gasteiger partial charge < -0.3 is 9.64 Å². The quantitative estimate of drug-likeness (QED) is 0.752. The molecule has 1 fully saturated rings. The third-order valence-corrected chi connectivity index (χ3v) is 7.18. The first-order valence-electron chi connectivity index (χ1n) is 8.80. The molecule has 4 nitrogen and oxygen atoms in total. The molecule has 2 aliphatic rings. The number of nitrogens with zero attached hydrogens (tertiary/aromatic N) is 1. The Labute approximate surface area is 155 Å². The molecule has 0 unspecified atom stereocenters. The van der Waals surface area contributed by atoms with Crippen LogP contribution in [0.2, 0.25) is 0 Å². The minimum absolute atomic E-state index is 0.0895. The van der Waals surface area contributed by atoms with Crippen molar-refractivity contribution >= 4 is 34.6 Å². The van der Waals surface area contributed by atoms with Crippen molar-refractivity contribution in [3.63, 3.8) is 0 Å². The van der Waals surface area contributed by atoms with Crippen LogP contribution >= 0.6 is 22.7 Å². The molecule has 0 radical (unpaired) electrons. The van der Waals surface area contributed by atoms with Crippen molar-refractivity contribution in [2.75, 3.05) is 6.54 Å². The highest BCUT2D eigenvalue weighted by molar-refractivity contribution is 7.14. The third kappa shape index (κ3) is 3.25. The zero-order valence-electron chi connectivity index (χ0n) is 14.2. The monoisotopic (exact) mass is 375 g/mol. The van der Waals surface area contributed by atoms with Gasteiger partial charge in [-0.2, -0.15) is 0 Å². The zero-order chi connectivity index (χ0) is 17.4. The van der Waals surface area contributed by atoms with Crippen molar-refractivity contribution in [1.29, 1.82) is 0 Å². The predicted molar refractivity (Wildman–Crippen MR) is 99.2 cm³/mol. The van der Waals surface area contributed by atoms with Gasteiger partial charge in [0.25, 0.3) is 5.91 Å². The molecule has 132 valence electrons. The molecular formula is C19H21NO3S2. The summed E-state index contributed by atoms with van der Waals surface area (Å²) in [4.78, 5) is 30.2. The Bertz CT molecular complexity index is 759. The average Bonchev–Trinajstić information content (AvgIpc) is 3.36. The molecule has 1 aliphatic carbocycles. The Morgan fingerprint density at radius 1 is 1.32 bits per heavy atom. The summed E-state index contributed by atoms with van der Waals surface area (Å²) >= 11 is 3.19. The number of amides is 1. The van der Waals surface area contributed by atoms with E-state index in [2.05, 4.69) is 6.07 Å². The highest BCUT2D eigenvalue weighted by Crippen LogP contribution is 2.35. The van der Waals surface area contributed by atoms with Gasteiger partial charge in [0, 0.05) is 16.3 Å². The summed E-state index contributed by atoms with van der Waals surface area (Å²) in [5.74, 6) is -0.458. The van der Waals surface area contributed by atoms with Crippen LogP contribution in [0.15, 0.2) is 23.6 Å². The molecule has 3 heterocycles. The zero-order valence-corrected chi connectivity index (χ0v) is 15.8.